The fraction of sp³-hybridized carbons (Fsp3) is 0.591. The Balaban J connectivity index is 1.24. The summed E-state index contributed by atoms with van der Waals surface area (Å²) in [6.07, 6.45) is 7.40. The number of fused-ring (bicyclic) bond motifs is 1. The number of hydrogen-bond donors (Lipinski definition) is 0. The summed E-state index contributed by atoms with van der Waals surface area (Å²) in [5.74, 6) is 1.38. The molecule has 0 unspecified atom stereocenters. The normalized spacial score (nSPS) is 20.6. The lowest BCUT2D eigenvalue weighted by molar-refractivity contribution is 0.00693. The van der Waals surface area contributed by atoms with Gasteiger partial charge in [-0.1, -0.05) is 11.6 Å². The molecule has 31 heavy (non-hydrogen) atoms. The molecule has 5 rings (SSSR count). The highest BCUT2D eigenvalue weighted by molar-refractivity contribution is 6.40. The minimum absolute atomic E-state index is 0.0871. The van der Waals surface area contributed by atoms with Gasteiger partial charge >= 0.3 is 5.97 Å². The molecule has 162 valence electrons. The molecule has 2 aromatic rings. The highest BCUT2D eigenvalue weighted by Gasteiger charge is 2.88. The maximum absolute atomic E-state index is 12.3. The van der Waals surface area contributed by atoms with Crippen LogP contribution in [-0.4, -0.2) is 48.6 Å². The number of nitrogens with zero attached hydrogens (tertiary/aromatic N) is 3. The van der Waals surface area contributed by atoms with Crippen LogP contribution in [0.25, 0.3) is 5.82 Å². The molecule has 0 aliphatic heterocycles. The van der Waals surface area contributed by atoms with Crippen molar-refractivity contribution in [2.75, 3.05) is 6.61 Å². The van der Waals surface area contributed by atoms with Gasteiger partial charge in [-0.15, -0.1) is 5.10 Å². The molecule has 2 heterocycles. The second kappa shape index (κ2) is 6.53. The number of hydrogen-bond acceptors (Lipinski definition) is 5. The molecule has 3 aliphatic carbocycles. The second-order valence-electron chi connectivity index (χ2n) is 11.1. The van der Waals surface area contributed by atoms with Gasteiger partial charge in [0.15, 0.2) is 5.82 Å². The molecule has 0 aromatic carbocycles. The fourth-order valence-corrected chi connectivity index (χ4v) is 6.20. The van der Waals surface area contributed by atoms with E-state index < -0.39 is 11.6 Å². The molecule has 0 saturated heterocycles. The molecule has 6 nitrogen and oxygen atoms in total. The van der Waals surface area contributed by atoms with Crippen LogP contribution in [0.2, 0.25) is 10.4 Å². The Labute approximate surface area is 189 Å². The standard InChI is InChI=1S/C22H28B2ClN3O3/c1-19(2,3)31-17(29)13-4-5-14(26-16(13)25)28-11-6-15(27-28)30-12-22(23,24)18-20(7-8-20)21(18)9-10-21/h4-6,11,18H,7-10,12,23-24H2,1-3H3. The Morgan fingerprint density at radius 1 is 1.19 bits per heavy atom. The second-order valence-corrected chi connectivity index (χ2v) is 11.5. The van der Waals surface area contributed by atoms with Crippen molar-refractivity contribution in [2.24, 2.45) is 16.7 Å². The van der Waals surface area contributed by atoms with Crippen LogP contribution < -0.4 is 4.74 Å². The zero-order valence-corrected chi connectivity index (χ0v) is 19.6. The maximum Gasteiger partial charge on any atom is 0.341 e. The van der Waals surface area contributed by atoms with Gasteiger partial charge in [0, 0.05) is 12.3 Å². The van der Waals surface area contributed by atoms with Gasteiger partial charge in [0.25, 0.3) is 0 Å². The third-order valence-corrected chi connectivity index (χ3v) is 7.50. The van der Waals surface area contributed by atoms with Crippen LogP contribution in [0.15, 0.2) is 24.4 Å². The molecule has 0 N–H and O–H groups in total. The number of carbonyl (C=O) groups is 1. The van der Waals surface area contributed by atoms with Crippen LogP contribution in [0.4, 0.5) is 0 Å². The largest absolute Gasteiger partial charge is 0.478 e. The lowest BCUT2D eigenvalue weighted by Gasteiger charge is -2.25. The zero-order valence-electron chi connectivity index (χ0n) is 18.9. The quantitative estimate of drug-likeness (QED) is 0.393. The van der Waals surface area contributed by atoms with Crippen LogP contribution in [0.3, 0.4) is 0 Å². The van der Waals surface area contributed by atoms with E-state index in [1.54, 1.807) is 23.0 Å². The van der Waals surface area contributed by atoms with Crippen LogP contribution in [-0.2, 0) is 4.74 Å². The van der Waals surface area contributed by atoms with Crippen molar-refractivity contribution >= 4 is 33.3 Å². The third-order valence-electron chi connectivity index (χ3n) is 7.22. The van der Waals surface area contributed by atoms with Crippen molar-refractivity contribution in [3.05, 3.63) is 35.1 Å². The van der Waals surface area contributed by atoms with E-state index in [1.807, 2.05) is 26.8 Å². The number of rotatable bonds is 6. The van der Waals surface area contributed by atoms with E-state index in [1.165, 1.54) is 25.7 Å². The van der Waals surface area contributed by atoms with Gasteiger partial charge in [0.2, 0.25) is 5.88 Å². The average Bonchev–Trinajstić information content (AvgIpc) is 3.62. The van der Waals surface area contributed by atoms with Crippen molar-refractivity contribution in [3.63, 3.8) is 0 Å². The Hall–Kier alpha value is -1.95. The van der Waals surface area contributed by atoms with Crippen LogP contribution in [0.1, 0.15) is 56.8 Å². The predicted octanol–water partition coefficient (Wildman–Crippen LogP) is 2.83. The number of aromatic nitrogens is 3. The fourth-order valence-electron chi connectivity index (χ4n) is 5.97. The molecule has 0 atom stereocenters. The van der Waals surface area contributed by atoms with E-state index in [9.17, 15) is 4.79 Å². The molecule has 9 heteroatoms. The van der Waals surface area contributed by atoms with Crippen LogP contribution >= 0.6 is 11.6 Å². The van der Waals surface area contributed by atoms with E-state index in [-0.39, 0.29) is 15.9 Å². The first-order valence-electron chi connectivity index (χ1n) is 11.1. The van der Waals surface area contributed by atoms with Crippen molar-refractivity contribution in [3.8, 4) is 11.7 Å². The SMILES string of the molecule is BC(B)(COc1ccn(-c2ccc(C(=O)OC(C)(C)C)c(Cl)n2)n1)C1C2(CC2)C12CC2. The number of pyridine rings is 1. The summed E-state index contributed by atoms with van der Waals surface area (Å²) >= 11 is 6.25. The Bertz CT molecular complexity index is 1040. The number of halogens is 1. The summed E-state index contributed by atoms with van der Waals surface area (Å²) in [6.45, 7) is 6.09. The molecule has 0 radical (unpaired) electrons. The average molecular weight is 440 g/mol. The molecule has 0 amide bonds. The molecule has 3 aliphatic rings. The van der Waals surface area contributed by atoms with E-state index in [0.717, 1.165) is 5.92 Å². The monoisotopic (exact) mass is 439 g/mol. The summed E-state index contributed by atoms with van der Waals surface area (Å²) < 4.78 is 13.1. The molecular weight excluding hydrogens is 411 g/mol. The zero-order chi connectivity index (χ0) is 22.2. The minimum Gasteiger partial charge on any atom is -0.478 e. The summed E-state index contributed by atoms with van der Waals surface area (Å²) in [5.41, 5.74) is 0.934. The maximum atomic E-state index is 12.3. The summed E-state index contributed by atoms with van der Waals surface area (Å²) in [6, 6.07) is 5.14. The van der Waals surface area contributed by atoms with Gasteiger partial charge in [0.05, 0.1) is 12.2 Å². The van der Waals surface area contributed by atoms with Gasteiger partial charge < -0.3 is 9.47 Å². The minimum atomic E-state index is -0.597. The van der Waals surface area contributed by atoms with Gasteiger partial charge in [-0.25, -0.2) is 14.5 Å². The van der Waals surface area contributed by atoms with E-state index in [4.69, 9.17) is 21.1 Å². The first-order valence-corrected chi connectivity index (χ1v) is 11.4. The number of carbonyl (C=O) groups excluding carboxylic acids is 1. The van der Waals surface area contributed by atoms with Crippen molar-refractivity contribution in [1.82, 2.24) is 14.8 Å². The topological polar surface area (TPSA) is 66.2 Å². The molecule has 2 spiro atoms. The number of ether oxygens (including phenoxy) is 2. The lowest BCUT2D eigenvalue weighted by Crippen LogP contribution is -2.26. The smallest absolute Gasteiger partial charge is 0.341 e. The Morgan fingerprint density at radius 3 is 2.39 bits per heavy atom. The van der Waals surface area contributed by atoms with Crippen molar-refractivity contribution in [2.45, 2.75) is 57.3 Å². The van der Waals surface area contributed by atoms with Crippen molar-refractivity contribution < 1.29 is 14.3 Å². The van der Waals surface area contributed by atoms with Crippen LogP contribution in [0.5, 0.6) is 5.88 Å². The highest BCUT2D eigenvalue weighted by Crippen LogP contribution is 2.95. The first kappa shape index (κ1) is 20.9. The lowest BCUT2D eigenvalue weighted by atomic mass is 9.51. The number of esters is 1. The molecular formula is C22H28B2ClN3O3. The summed E-state index contributed by atoms with van der Waals surface area (Å²) in [5, 5.41) is 4.73. The van der Waals surface area contributed by atoms with Crippen molar-refractivity contribution in [1.29, 1.82) is 0 Å². The molecule has 2 aromatic heterocycles. The first-order chi connectivity index (χ1) is 14.5. The van der Waals surface area contributed by atoms with Gasteiger partial charge in [0.1, 0.15) is 26.4 Å². The van der Waals surface area contributed by atoms with Gasteiger partial charge in [-0.2, -0.15) is 0 Å². The van der Waals surface area contributed by atoms with E-state index in [2.05, 4.69) is 25.8 Å². The van der Waals surface area contributed by atoms with E-state index in [0.29, 0.717) is 29.1 Å². The molecule has 3 saturated carbocycles. The third kappa shape index (κ3) is 3.47. The van der Waals surface area contributed by atoms with Crippen LogP contribution in [0, 0.1) is 16.7 Å². The summed E-state index contributed by atoms with van der Waals surface area (Å²) in [4.78, 5) is 16.6. The highest BCUT2D eigenvalue weighted by atomic mass is 35.5. The predicted molar refractivity (Wildman–Crippen MR) is 124 cm³/mol. The summed E-state index contributed by atoms with van der Waals surface area (Å²) in [7, 11) is 4.66. The Kier molecular flexibility index (Phi) is 4.41. The molecule has 0 bridgehead atoms. The Morgan fingerprint density at radius 2 is 1.84 bits per heavy atom. The van der Waals surface area contributed by atoms with Gasteiger partial charge in [-0.3, -0.25) is 0 Å². The molecule has 3 fully saturated rings. The van der Waals surface area contributed by atoms with E-state index >= 15 is 0 Å². The van der Waals surface area contributed by atoms with Gasteiger partial charge in [-0.05, 0) is 80.5 Å².